The lowest BCUT2D eigenvalue weighted by Gasteiger charge is -2.05. The largest absolute Gasteiger partial charge is 0.489 e. The van der Waals surface area contributed by atoms with Crippen molar-refractivity contribution in [2.75, 3.05) is 13.2 Å². The van der Waals surface area contributed by atoms with Gasteiger partial charge in [0.15, 0.2) is 0 Å². The Balaban J connectivity index is 2.10. The lowest BCUT2D eigenvalue weighted by molar-refractivity contribution is 0.262. The molecule has 3 nitrogen and oxygen atoms in total. The molecule has 0 saturated carbocycles. The van der Waals surface area contributed by atoms with Gasteiger partial charge in [-0.25, -0.2) is 0 Å². The standard InChI is InChI=1S/C10H8BrNO2/c11-8-1-2-10(7(3-8)4-12)14-6-9-5-13-9/h1-3,9H,5-6H2/t9-/m0/s1. The molecule has 14 heavy (non-hydrogen) atoms. The Hall–Kier alpha value is -1.05. The van der Waals surface area contributed by atoms with E-state index in [1.807, 2.05) is 6.07 Å². The molecule has 1 aromatic rings. The van der Waals surface area contributed by atoms with Gasteiger partial charge in [0.1, 0.15) is 24.5 Å². The normalized spacial score (nSPS) is 18.7. The maximum Gasteiger partial charge on any atom is 0.137 e. The van der Waals surface area contributed by atoms with Gasteiger partial charge in [-0.15, -0.1) is 0 Å². The van der Waals surface area contributed by atoms with E-state index in [-0.39, 0.29) is 6.10 Å². The third-order valence-corrected chi connectivity index (χ3v) is 2.38. The molecule has 0 bridgehead atoms. The number of nitrogens with zero attached hydrogens (tertiary/aromatic N) is 1. The molecule has 1 aliphatic rings. The first-order valence-corrected chi connectivity index (χ1v) is 5.03. The summed E-state index contributed by atoms with van der Waals surface area (Å²) in [6.07, 6.45) is 0.213. The van der Waals surface area contributed by atoms with Gasteiger partial charge >= 0.3 is 0 Å². The Morgan fingerprint density at radius 2 is 2.43 bits per heavy atom. The second-order valence-electron chi connectivity index (χ2n) is 3.02. The van der Waals surface area contributed by atoms with Crippen LogP contribution in [0.4, 0.5) is 0 Å². The van der Waals surface area contributed by atoms with Crippen LogP contribution in [0.3, 0.4) is 0 Å². The zero-order chi connectivity index (χ0) is 9.97. The fraction of sp³-hybridized carbons (Fsp3) is 0.300. The summed E-state index contributed by atoms with van der Waals surface area (Å²) in [4.78, 5) is 0. The quantitative estimate of drug-likeness (QED) is 0.776. The lowest BCUT2D eigenvalue weighted by Crippen LogP contribution is -2.05. The minimum atomic E-state index is 0.213. The minimum absolute atomic E-state index is 0.213. The van der Waals surface area contributed by atoms with Gasteiger partial charge in [-0.05, 0) is 18.2 Å². The molecular formula is C10H8BrNO2. The second-order valence-corrected chi connectivity index (χ2v) is 3.93. The van der Waals surface area contributed by atoms with Crippen LogP contribution in [0, 0.1) is 11.3 Å². The van der Waals surface area contributed by atoms with Crippen LogP contribution in [0.2, 0.25) is 0 Å². The van der Waals surface area contributed by atoms with Gasteiger partial charge in [-0.1, -0.05) is 15.9 Å². The van der Waals surface area contributed by atoms with Crippen LogP contribution in [-0.2, 0) is 4.74 Å². The zero-order valence-electron chi connectivity index (χ0n) is 7.37. The fourth-order valence-corrected chi connectivity index (χ4v) is 1.42. The molecule has 1 aliphatic heterocycles. The van der Waals surface area contributed by atoms with E-state index in [0.717, 1.165) is 11.1 Å². The summed E-state index contributed by atoms with van der Waals surface area (Å²) in [6.45, 7) is 1.29. The monoisotopic (exact) mass is 253 g/mol. The van der Waals surface area contributed by atoms with Gasteiger partial charge in [-0.3, -0.25) is 0 Å². The van der Waals surface area contributed by atoms with E-state index >= 15 is 0 Å². The number of ether oxygens (including phenoxy) is 2. The van der Waals surface area contributed by atoms with E-state index in [0.29, 0.717) is 17.9 Å². The third-order valence-electron chi connectivity index (χ3n) is 1.89. The minimum Gasteiger partial charge on any atom is -0.489 e. The molecule has 1 saturated heterocycles. The highest BCUT2D eigenvalue weighted by molar-refractivity contribution is 9.10. The maximum absolute atomic E-state index is 8.84. The molecule has 1 atom stereocenters. The first-order chi connectivity index (χ1) is 6.79. The van der Waals surface area contributed by atoms with Gasteiger partial charge in [-0.2, -0.15) is 5.26 Å². The van der Waals surface area contributed by atoms with E-state index in [9.17, 15) is 0 Å². The smallest absolute Gasteiger partial charge is 0.137 e. The summed E-state index contributed by atoms with van der Waals surface area (Å²) in [5.41, 5.74) is 0.542. The zero-order valence-corrected chi connectivity index (χ0v) is 8.95. The van der Waals surface area contributed by atoms with E-state index in [2.05, 4.69) is 22.0 Å². The van der Waals surface area contributed by atoms with Crippen molar-refractivity contribution in [1.29, 1.82) is 5.26 Å². The van der Waals surface area contributed by atoms with Gasteiger partial charge in [0, 0.05) is 4.47 Å². The molecule has 0 N–H and O–H groups in total. The van der Waals surface area contributed by atoms with Crippen molar-refractivity contribution < 1.29 is 9.47 Å². The SMILES string of the molecule is N#Cc1cc(Br)ccc1OC[C@@H]1CO1. The van der Waals surface area contributed by atoms with E-state index in [4.69, 9.17) is 14.7 Å². The predicted octanol–water partition coefficient (Wildman–Crippen LogP) is 2.10. The van der Waals surface area contributed by atoms with Crippen molar-refractivity contribution in [1.82, 2.24) is 0 Å². The van der Waals surface area contributed by atoms with E-state index in [1.165, 1.54) is 0 Å². The lowest BCUT2D eigenvalue weighted by atomic mass is 10.2. The first kappa shape index (κ1) is 9.50. The molecule has 0 radical (unpaired) electrons. The molecule has 1 aromatic carbocycles. The molecule has 0 spiro atoms. The number of rotatable bonds is 3. The Kier molecular flexibility index (Phi) is 2.71. The Labute approximate surface area is 90.4 Å². The van der Waals surface area contributed by atoms with Crippen LogP contribution in [0.25, 0.3) is 0 Å². The molecule has 0 unspecified atom stereocenters. The van der Waals surface area contributed by atoms with E-state index in [1.54, 1.807) is 12.1 Å². The van der Waals surface area contributed by atoms with Crippen LogP contribution in [0.15, 0.2) is 22.7 Å². The summed E-state index contributed by atoms with van der Waals surface area (Å²) < 4.78 is 11.3. The summed E-state index contributed by atoms with van der Waals surface area (Å²) in [5, 5.41) is 8.84. The Bertz CT molecular complexity index is 382. The van der Waals surface area contributed by atoms with Crippen LogP contribution >= 0.6 is 15.9 Å². The third kappa shape index (κ3) is 2.25. The van der Waals surface area contributed by atoms with Crippen LogP contribution < -0.4 is 4.74 Å². The topological polar surface area (TPSA) is 45.5 Å². The number of halogens is 1. The fourth-order valence-electron chi connectivity index (χ4n) is 1.06. The highest BCUT2D eigenvalue weighted by Gasteiger charge is 2.23. The van der Waals surface area contributed by atoms with Crippen molar-refractivity contribution in [2.45, 2.75) is 6.10 Å². The van der Waals surface area contributed by atoms with Crippen molar-refractivity contribution in [2.24, 2.45) is 0 Å². The number of hydrogen-bond acceptors (Lipinski definition) is 3. The van der Waals surface area contributed by atoms with Crippen LogP contribution in [0.1, 0.15) is 5.56 Å². The maximum atomic E-state index is 8.84. The number of nitriles is 1. The Morgan fingerprint density at radius 1 is 1.64 bits per heavy atom. The average Bonchev–Trinajstić information content (AvgIpc) is 2.99. The van der Waals surface area contributed by atoms with Crippen LogP contribution in [-0.4, -0.2) is 19.3 Å². The first-order valence-electron chi connectivity index (χ1n) is 4.23. The highest BCUT2D eigenvalue weighted by atomic mass is 79.9. The van der Waals surface area contributed by atoms with Gasteiger partial charge in [0.2, 0.25) is 0 Å². The molecule has 0 aliphatic carbocycles. The van der Waals surface area contributed by atoms with Crippen LogP contribution in [0.5, 0.6) is 5.75 Å². The summed E-state index contributed by atoms with van der Waals surface area (Å²) >= 11 is 3.30. The molecule has 0 amide bonds. The highest BCUT2D eigenvalue weighted by Crippen LogP contribution is 2.23. The molecule has 0 aromatic heterocycles. The van der Waals surface area contributed by atoms with Crippen molar-refractivity contribution in [3.05, 3.63) is 28.2 Å². The number of epoxide rings is 1. The summed E-state index contributed by atoms with van der Waals surface area (Å²) in [6, 6.07) is 7.46. The summed E-state index contributed by atoms with van der Waals surface area (Å²) in [7, 11) is 0. The molecule has 2 rings (SSSR count). The molecule has 72 valence electrons. The Morgan fingerprint density at radius 3 is 3.07 bits per heavy atom. The van der Waals surface area contributed by atoms with Crippen molar-refractivity contribution >= 4 is 15.9 Å². The van der Waals surface area contributed by atoms with Crippen molar-refractivity contribution in [3.8, 4) is 11.8 Å². The number of benzene rings is 1. The van der Waals surface area contributed by atoms with Crippen molar-refractivity contribution in [3.63, 3.8) is 0 Å². The second kappa shape index (κ2) is 3.99. The van der Waals surface area contributed by atoms with Gasteiger partial charge < -0.3 is 9.47 Å². The molecule has 4 heteroatoms. The van der Waals surface area contributed by atoms with E-state index < -0.39 is 0 Å². The van der Waals surface area contributed by atoms with Gasteiger partial charge in [0.05, 0.1) is 12.2 Å². The summed E-state index contributed by atoms with van der Waals surface area (Å²) in [5.74, 6) is 0.617. The number of hydrogen-bond donors (Lipinski definition) is 0. The van der Waals surface area contributed by atoms with Gasteiger partial charge in [0.25, 0.3) is 0 Å². The molecule has 1 fully saturated rings. The molecule has 1 heterocycles. The molecular weight excluding hydrogens is 246 g/mol. The predicted molar refractivity (Wildman–Crippen MR) is 54.1 cm³/mol. The average molecular weight is 254 g/mol.